The minimum absolute atomic E-state index is 0.0274. The fourth-order valence-electron chi connectivity index (χ4n) is 2.72. The van der Waals surface area contributed by atoms with E-state index in [4.69, 9.17) is 5.11 Å². The number of hydrogen-bond acceptors (Lipinski definition) is 3. The molecule has 0 atom stereocenters. The number of aliphatic hydroxyl groups excluding tert-OH is 1. The average Bonchev–Trinajstić information content (AvgIpc) is 3.00. The predicted octanol–water partition coefficient (Wildman–Crippen LogP) is 1.83. The molecule has 1 aromatic rings. The van der Waals surface area contributed by atoms with Crippen LogP contribution in [-0.2, 0) is 0 Å². The minimum Gasteiger partial charge on any atom is -0.384 e. The maximum atomic E-state index is 12.6. The van der Waals surface area contributed by atoms with E-state index in [0.717, 1.165) is 19.4 Å². The molecule has 1 aromatic heterocycles. The van der Waals surface area contributed by atoms with Crippen molar-refractivity contribution in [1.82, 2.24) is 9.88 Å². The summed E-state index contributed by atoms with van der Waals surface area (Å²) in [5.41, 5.74) is 1.23. The predicted molar refractivity (Wildman–Crippen MR) is 77.2 cm³/mol. The molecule has 4 nitrogen and oxygen atoms in total. The van der Waals surface area contributed by atoms with Crippen molar-refractivity contribution in [2.45, 2.75) is 38.6 Å². The lowest BCUT2D eigenvalue weighted by atomic mass is 10.1. The van der Waals surface area contributed by atoms with Crippen LogP contribution >= 0.6 is 0 Å². The van der Waals surface area contributed by atoms with Gasteiger partial charge in [0.1, 0.15) is 6.61 Å². The summed E-state index contributed by atoms with van der Waals surface area (Å²) in [4.78, 5) is 18.6. The van der Waals surface area contributed by atoms with Gasteiger partial charge in [-0.05, 0) is 25.8 Å². The summed E-state index contributed by atoms with van der Waals surface area (Å²) in [6, 6.07) is 2.11. The molecule has 4 heteroatoms. The number of amides is 1. The first-order valence-electron chi connectivity index (χ1n) is 7.12. The van der Waals surface area contributed by atoms with Crippen LogP contribution in [0.25, 0.3) is 0 Å². The molecule has 0 saturated heterocycles. The van der Waals surface area contributed by atoms with Crippen molar-refractivity contribution < 1.29 is 9.90 Å². The number of aromatic nitrogens is 1. The molecule has 0 radical (unpaired) electrons. The van der Waals surface area contributed by atoms with Crippen LogP contribution in [0.4, 0.5) is 0 Å². The van der Waals surface area contributed by atoms with Gasteiger partial charge >= 0.3 is 0 Å². The highest BCUT2D eigenvalue weighted by Gasteiger charge is 2.26. The fourth-order valence-corrected chi connectivity index (χ4v) is 2.72. The molecule has 0 bridgehead atoms. The van der Waals surface area contributed by atoms with Crippen molar-refractivity contribution in [3.63, 3.8) is 0 Å². The molecule has 0 spiro atoms. The second-order valence-corrected chi connectivity index (χ2v) is 4.95. The van der Waals surface area contributed by atoms with Gasteiger partial charge in [0.05, 0.1) is 5.56 Å². The summed E-state index contributed by atoms with van der Waals surface area (Å²) < 4.78 is 0. The van der Waals surface area contributed by atoms with E-state index < -0.39 is 0 Å². The van der Waals surface area contributed by atoms with E-state index in [2.05, 4.69) is 16.8 Å². The lowest BCUT2D eigenvalue weighted by Crippen LogP contribution is -2.38. The molecule has 2 rings (SSSR count). The molecule has 1 aliphatic carbocycles. The van der Waals surface area contributed by atoms with E-state index in [1.54, 1.807) is 18.5 Å². The first kappa shape index (κ1) is 14.5. The van der Waals surface area contributed by atoms with E-state index in [1.165, 1.54) is 12.8 Å². The van der Waals surface area contributed by atoms with Crippen LogP contribution in [0.2, 0.25) is 0 Å². The van der Waals surface area contributed by atoms with Crippen molar-refractivity contribution in [3.05, 3.63) is 29.6 Å². The highest BCUT2D eigenvalue weighted by Crippen LogP contribution is 2.24. The van der Waals surface area contributed by atoms with Gasteiger partial charge in [-0.3, -0.25) is 9.78 Å². The summed E-state index contributed by atoms with van der Waals surface area (Å²) >= 11 is 0. The summed E-state index contributed by atoms with van der Waals surface area (Å²) in [7, 11) is 0. The second-order valence-electron chi connectivity index (χ2n) is 4.95. The van der Waals surface area contributed by atoms with Crippen molar-refractivity contribution in [3.8, 4) is 11.8 Å². The smallest absolute Gasteiger partial charge is 0.255 e. The van der Waals surface area contributed by atoms with E-state index in [-0.39, 0.29) is 12.5 Å². The molecule has 0 aliphatic heterocycles. The molecule has 1 N–H and O–H groups in total. The maximum absolute atomic E-state index is 12.6. The first-order chi connectivity index (χ1) is 9.76. The third-order valence-corrected chi connectivity index (χ3v) is 3.66. The first-order valence-corrected chi connectivity index (χ1v) is 7.12. The van der Waals surface area contributed by atoms with Crippen LogP contribution in [0, 0.1) is 11.8 Å². The Balaban J connectivity index is 2.18. The van der Waals surface area contributed by atoms with Gasteiger partial charge in [-0.1, -0.05) is 24.7 Å². The maximum Gasteiger partial charge on any atom is 0.255 e. The molecule has 0 unspecified atom stereocenters. The topological polar surface area (TPSA) is 53.4 Å². The number of aliphatic hydroxyl groups is 1. The highest BCUT2D eigenvalue weighted by atomic mass is 16.2. The van der Waals surface area contributed by atoms with Crippen LogP contribution in [0.5, 0.6) is 0 Å². The van der Waals surface area contributed by atoms with Gasteiger partial charge in [-0.2, -0.15) is 0 Å². The lowest BCUT2D eigenvalue weighted by molar-refractivity contribution is 0.0693. The van der Waals surface area contributed by atoms with Gasteiger partial charge in [0.15, 0.2) is 0 Å². The Hall–Kier alpha value is -1.86. The van der Waals surface area contributed by atoms with Crippen LogP contribution in [0.15, 0.2) is 18.5 Å². The molecule has 1 aliphatic rings. The van der Waals surface area contributed by atoms with Crippen LogP contribution in [0.3, 0.4) is 0 Å². The monoisotopic (exact) mass is 272 g/mol. The van der Waals surface area contributed by atoms with Gasteiger partial charge in [0.2, 0.25) is 0 Å². The number of nitrogens with zero attached hydrogens (tertiary/aromatic N) is 2. The molecule has 0 aromatic carbocycles. The number of carbonyl (C=O) groups excluding carboxylic acids is 1. The van der Waals surface area contributed by atoms with Crippen molar-refractivity contribution in [1.29, 1.82) is 0 Å². The quantitative estimate of drug-likeness (QED) is 0.854. The number of hydrogen-bond donors (Lipinski definition) is 1. The Morgan fingerprint density at radius 1 is 1.45 bits per heavy atom. The van der Waals surface area contributed by atoms with Gasteiger partial charge in [0, 0.05) is 30.5 Å². The van der Waals surface area contributed by atoms with Crippen molar-refractivity contribution >= 4 is 5.91 Å². The average molecular weight is 272 g/mol. The van der Waals surface area contributed by atoms with E-state index in [0.29, 0.717) is 17.2 Å². The van der Waals surface area contributed by atoms with Gasteiger partial charge < -0.3 is 10.0 Å². The van der Waals surface area contributed by atoms with Crippen LogP contribution in [0.1, 0.15) is 48.5 Å². The molecule has 106 valence electrons. The number of pyridine rings is 1. The Kier molecular flexibility index (Phi) is 5.14. The van der Waals surface area contributed by atoms with Crippen LogP contribution in [-0.4, -0.2) is 40.1 Å². The number of rotatable bonds is 3. The molecule has 1 saturated carbocycles. The lowest BCUT2D eigenvalue weighted by Gasteiger charge is -2.27. The van der Waals surface area contributed by atoms with Gasteiger partial charge in [-0.15, -0.1) is 0 Å². The fraction of sp³-hybridized carbons (Fsp3) is 0.500. The molecule has 1 amide bonds. The largest absolute Gasteiger partial charge is 0.384 e. The molecular formula is C16H20N2O2. The van der Waals surface area contributed by atoms with E-state index in [9.17, 15) is 4.79 Å². The Bertz CT molecular complexity index is 525. The second kappa shape index (κ2) is 7.06. The molecule has 1 heterocycles. The van der Waals surface area contributed by atoms with E-state index >= 15 is 0 Å². The standard InChI is InChI=1S/C16H20N2O2/c1-2-18(15-7-3-4-8-15)16(20)14-10-13(6-5-9-19)11-17-12-14/h10-12,15,19H,2-4,7-9H2,1H3. The molecular weight excluding hydrogens is 252 g/mol. The molecule has 1 fully saturated rings. The third-order valence-electron chi connectivity index (χ3n) is 3.66. The van der Waals surface area contributed by atoms with Gasteiger partial charge in [-0.25, -0.2) is 0 Å². The Labute approximate surface area is 119 Å². The highest BCUT2D eigenvalue weighted by molar-refractivity contribution is 5.94. The summed E-state index contributed by atoms with van der Waals surface area (Å²) in [5, 5.41) is 8.71. The van der Waals surface area contributed by atoms with Crippen molar-refractivity contribution in [2.24, 2.45) is 0 Å². The summed E-state index contributed by atoms with van der Waals surface area (Å²) in [6.07, 6.45) is 7.78. The summed E-state index contributed by atoms with van der Waals surface area (Å²) in [5.74, 6) is 5.38. The zero-order valence-corrected chi connectivity index (χ0v) is 11.8. The Morgan fingerprint density at radius 2 is 2.20 bits per heavy atom. The zero-order valence-electron chi connectivity index (χ0n) is 11.8. The van der Waals surface area contributed by atoms with Crippen LogP contribution < -0.4 is 0 Å². The minimum atomic E-state index is -0.193. The molecule has 20 heavy (non-hydrogen) atoms. The van der Waals surface area contributed by atoms with E-state index in [1.807, 2.05) is 11.8 Å². The van der Waals surface area contributed by atoms with Crippen molar-refractivity contribution in [2.75, 3.05) is 13.2 Å². The Morgan fingerprint density at radius 3 is 2.85 bits per heavy atom. The number of carbonyl (C=O) groups is 1. The van der Waals surface area contributed by atoms with Gasteiger partial charge in [0.25, 0.3) is 5.91 Å². The summed E-state index contributed by atoms with van der Waals surface area (Å²) in [6.45, 7) is 2.54. The normalized spacial score (nSPS) is 14.7. The zero-order chi connectivity index (χ0) is 14.4. The third kappa shape index (κ3) is 3.37. The SMILES string of the molecule is CCN(C(=O)c1cncc(C#CCO)c1)C1CCCC1.